The fraction of sp³-hybridized carbons (Fsp3) is 1.00. The quantitative estimate of drug-likeness (QED) is 0.518. The molecule has 0 amide bonds. The van der Waals surface area contributed by atoms with Crippen LogP contribution in [0.1, 0.15) is 27.2 Å². The first-order chi connectivity index (χ1) is 4.90. The predicted molar refractivity (Wildman–Crippen MR) is 41.4 cm³/mol. The van der Waals surface area contributed by atoms with Gasteiger partial charge in [-0.3, -0.25) is 0 Å². The zero-order valence-corrected chi connectivity index (χ0v) is 10.7. The number of hydrogen-bond acceptors (Lipinski definition) is 4. The second kappa shape index (κ2) is 4.69. The summed E-state index contributed by atoms with van der Waals surface area (Å²) in [7, 11) is -3.56. The van der Waals surface area contributed by atoms with Crippen LogP contribution in [0.15, 0.2) is 0 Å². The second-order valence-electron chi connectivity index (χ2n) is 2.41. The minimum atomic E-state index is -3.56. The number of aliphatic hydroxyl groups excluding tert-OH is 1. The third-order valence-electron chi connectivity index (χ3n) is 1.34. The van der Waals surface area contributed by atoms with Gasteiger partial charge in [0.2, 0.25) is 0 Å². The van der Waals surface area contributed by atoms with Crippen molar-refractivity contribution in [3.8, 4) is 0 Å². The van der Waals surface area contributed by atoms with E-state index in [1.54, 1.807) is 6.92 Å². The normalized spacial score (nSPS) is 16.3. The molecule has 0 saturated heterocycles. The minimum absolute atomic E-state index is 0. The van der Waals surface area contributed by atoms with Crippen molar-refractivity contribution in [2.75, 3.05) is 0 Å². The van der Waals surface area contributed by atoms with Gasteiger partial charge in [0.15, 0.2) is 6.29 Å². The third kappa shape index (κ3) is 3.90. The van der Waals surface area contributed by atoms with Crippen LogP contribution in [-0.4, -0.2) is 25.1 Å². The Morgan fingerprint density at radius 3 is 2.08 bits per heavy atom. The van der Waals surface area contributed by atoms with Gasteiger partial charge < -0.3 is 5.11 Å². The zero-order chi connectivity index (χ0) is 9.07. The van der Waals surface area contributed by atoms with E-state index in [1.807, 2.05) is 0 Å². The first kappa shape index (κ1) is 13.5. The molecule has 1 N–H and O–H groups in total. The first-order valence-corrected chi connectivity index (χ1v) is 4.97. The molecule has 2 unspecified atom stereocenters. The largest absolute Gasteiger partial charge is 0.367 e. The summed E-state index contributed by atoms with van der Waals surface area (Å²) in [6.45, 7) is 4.55. The van der Waals surface area contributed by atoms with Gasteiger partial charge in [-0.15, -0.1) is 0 Å². The molecule has 0 fully saturated rings. The molecule has 0 bridgehead atoms. The molecule has 6 heteroatoms. The van der Waals surface area contributed by atoms with E-state index < -0.39 is 21.7 Å². The maximum absolute atomic E-state index is 11.0. The summed E-state index contributed by atoms with van der Waals surface area (Å²) in [4.78, 5) is 0. The Labute approximate surface area is 67.3 Å². The summed E-state index contributed by atoms with van der Waals surface area (Å²) < 4.78 is 26.3. The van der Waals surface area contributed by atoms with E-state index in [0.29, 0.717) is 6.42 Å². The molecule has 0 radical (unpaired) electrons. The van der Waals surface area contributed by atoms with Crippen LogP contribution >= 0.6 is 0 Å². The van der Waals surface area contributed by atoms with E-state index >= 15 is 0 Å². The smallest absolute Gasteiger partial charge is 0.272 e. The maximum Gasteiger partial charge on any atom is 0.272 e. The Bertz CT molecular complexity index is 200. The van der Waals surface area contributed by atoms with E-state index in [-0.39, 0.29) is 0 Å². The van der Waals surface area contributed by atoms with Crippen LogP contribution in [0, 0.1) is 0 Å². The van der Waals surface area contributed by atoms with Crippen LogP contribution in [-0.2, 0) is 14.3 Å². The molecule has 12 heavy (non-hydrogen) atoms. The van der Waals surface area contributed by atoms with Gasteiger partial charge in [-0.1, -0.05) is 6.92 Å². The number of rotatable bonds is 4. The van der Waals surface area contributed by atoms with Crippen LogP contribution < -0.4 is 0 Å². The Kier molecular flexibility index (Phi) is 5.26. The van der Waals surface area contributed by atoms with Crippen molar-refractivity contribution >= 4 is 10.1 Å². The Morgan fingerprint density at radius 2 is 1.83 bits per heavy atom. The average molecular weight is 433 g/mol. The molecule has 4 nitrogen and oxygen atoms in total. The predicted octanol–water partition coefficient (Wildman–Crippen LogP) is 0.470. The minimum Gasteiger partial charge on any atom is -0.367 e. The molecular formula is C6H14CfO4S. The van der Waals surface area contributed by atoms with E-state index in [0.717, 1.165) is 0 Å². The molecular weight excluding hydrogens is 419 g/mol. The van der Waals surface area contributed by atoms with Crippen molar-refractivity contribution in [3.05, 3.63) is 0 Å². The van der Waals surface area contributed by atoms with Gasteiger partial charge in [-0.2, -0.15) is 8.42 Å². The molecule has 78 valence electrons. The van der Waals surface area contributed by atoms with Gasteiger partial charge in [0.05, 0.1) is 5.25 Å². The van der Waals surface area contributed by atoms with Gasteiger partial charge in [-0.25, -0.2) is 4.18 Å². The van der Waals surface area contributed by atoms with Gasteiger partial charge in [0, 0.05) is 0 Å². The molecule has 0 aliphatic carbocycles. The molecule has 2 atom stereocenters. The van der Waals surface area contributed by atoms with Gasteiger partial charge >= 0.3 is 0 Å². The molecule has 0 aromatic heterocycles. The van der Waals surface area contributed by atoms with E-state index in [9.17, 15) is 8.42 Å². The summed E-state index contributed by atoms with van der Waals surface area (Å²) in [6.07, 6.45) is -0.774. The summed E-state index contributed by atoms with van der Waals surface area (Å²) in [5.74, 6) is 0. The zero-order valence-electron chi connectivity index (χ0n) is 7.26. The molecule has 0 heterocycles. The molecule has 0 saturated carbocycles. The summed E-state index contributed by atoms with van der Waals surface area (Å²) >= 11 is 0. The Hall–Kier alpha value is -1.13. The molecule has 0 aromatic rings. The molecule has 0 aliphatic rings. The van der Waals surface area contributed by atoms with Crippen LogP contribution in [0.5, 0.6) is 0 Å². The van der Waals surface area contributed by atoms with Crippen LogP contribution in [0.25, 0.3) is 0 Å². The van der Waals surface area contributed by atoms with Crippen LogP contribution in [0.3, 0.4) is 0 Å². The fourth-order valence-electron chi connectivity index (χ4n) is 0.493. The third-order valence-corrected chi connectivity index (χ3v) is 3.21. The summed E-state index contributed by atoms with van der Waals surface area (Å²) in [6, 6.07) is 0. The number of aliphatic hydroxyl groups is 1. The Morgan fingerprint density at radius 1 is 1.42 bits per heavy atom. The standard InChI is InChI=1S/C6H14O4S.Cf/c1-4-5(2)11(8,9)10-6(3)7;/h5-7H,4H2,1-3H3;. The Balaban J connectivity index is 0. The topological polar surface area (TPSA) is 63.6 Å². The van der Waals surface area contributed by atoms with Crippen molar-refractivity contribution in [2.45, 2.75) is 38.7 Å². The number of hydrogen-bond donors (Lipinski definition) is 1. The van der Waals surface area contributed by atoms with E-state index in [4.69, 9.17) is 5.11 Å². The van der Waals surface area contributed by atoms with Crippen molar-refractivity contribution < 1.29 is 17.7 Å². The monoisotopic (exact) mass is 431 g/mol. The second-order valence-corrected chi connectivity index (χ2v) is 4.39. The van der Waals surface area contributed by atoms with Crippen molar-refractivity contribution in [2.24, 2.45) is 0 Å². The molecule has 0 aromatic carbocycles. The molecule has 0 rings (SSSR count). The van der Waals surface area contributed by atoms with Crippen molar-refractivity contribution in [3.63, 3.8) is 0 Å². The first-order valence-electron chi connectivity index (χ1n) is 3.50. The maximum atomic E-state index is 11.0. The van der Waals surface area contributed by atoms with Gasteiger partial charge in [-0.05, 0) is 20.3 Å². The summed E-state index contributed by atoms with van der Waals surface area (Å²) in [5.41, 5.74) is 0. The van der Waals surface area contributed by atoms with Crippen molar-refractivity contribution in [1.29, 1.82) is 0 Å². The molecule has 0 aliphatic heterocycles. The SMILES string of the molecule is CCC(C)S(=O)(=O)OC(C)O.[Cf]. The fourth-order valence-corrected chi connectivity index (χ4v) is 1.48. The van der Waals surface area contributed by atoms with Gasteiger partial charge in [0.25, 0.3) is 10.1 Å². The van der Waals surface area contributed by atoms with Crippen molar-refractivity contribution in [1.82, 2.24) is 0 Å². The average Bonchev–Trinajstić information content (AvgIpc) is 1.83. The van der Waals surface area contributed by atoms with Gasteiger partial charge in [0.1, 0.15) is 0 Å². The van der Waals surface area contributed by atoms with E-state index in [1.165, 1.54) is 13.8 Å². The van der Waals surface area contributed by atoms with Crippen LogP contribution in [0.4, 0.5) is 0 Å². The van der Waals surface area contributed by atoms with E-state index in [2.05, 4.69) is 4.18 Å². The summed E-state index contributed by atoms with van der Waals surface area (Å²) in [5, 5.41) is 8.07. The molecule has 0 spiro atoms. The van der Waals surface area contributed by atoms with Crippen LogP contribution in [0.2, 0.25) is 0 Å².